The molecule has 2 aliphatic rings. The molecule has 0 atom stereocenters. The first-order valence-electron chi connectivity index (χ1n) is 17.4. The van der Waals surface area contributed by atoms with E-state index in [1.807, 2.05) is 48.5 Å². The Kier molecular flexibility index (Phi) is 8.43. The van der Waals surface area contributed by atoms with Gasteiger partial charge in [-0.25, -0.2) is 9.97 Å². The molecule has 7 aromatic rings. The van der Waals surface area contributed by atoms with Gasteiger partial charge in [0, 0.05) is 94.5 Å². The number of aromatic nitrogens is 7. The van der Waals surface area contributed by atoms with Crippen molar-refractivity contribution in [3.63, 3.8) is 0 Å². The molecule has 9 heteroatoms. The molecule has 8 bridgehead atoms. The maximum atomic E-state index is 9.23. The van der Waals surface area contributed by atoms with Crippen molar-refractivity contribution in [2.45, 2.75) is 6.42 Å². The Morgan fingerprint density at radius 2 is 0.811 bits per heavy atom. The lowest BCUT2D eigenvalue weighted by atomic mass is 10.0. The fourth-order valence-corrected chi connectivity index (χ4v) is 6.95. The third-order valence-corrected chi connectivity index (χ3v) is 9.38. The molecule has 0 unspecified atom stereocenters. The Morgan fingerprint density at radius 1 is 0.434 bits per heavy atom. The Balaban J connectivity index is 1.40. The van der Waals surface area contributed by atoms with Crippen LogP contribution in [-0.4, -0.2) is 53.2 Å². The molecule has 0 saturated carbocycles. The molecule has 0 saturated heterocycles. The topological polar surface area (TPSA) is 125 Å². The lowest BCUT2D eigenvalue weighted by Gasteiger charge is -2.08. The average Bonchev–Trinajstić information content (AvgIpc) is 4.05. The number of rotatable bonds is 8. The highest BCUT2D eigenvalue weighted by molar-refractivity contribution is 6.00. The summed E-state index contributed by atoms with van der Waals surface area (Å²) in [7, 11) is 0. The van der Waals surface area contributed by atoms with Gasteiger partial charge < -0.3 is 19.8 Å². The van der Waals surface area contributed by atoms with Gasteiger partial charge in [0.1, 0.15) is 5.75 Å². The molecule has 6 aromatic heterocycles. The summed E-state index contributed by atoms with van der Waals surface area (Å²) in [5, 5.41) is 9.23. The van der Waals surface area contributed by atoms with Gasteiger partial charge in [-0.3, -0.25) is 15.0 Å². The van der Waals surface area contributed by atoms with Gasteiger partial charge in [0.25, 0.3) is 0 Å². The second kappa shape index (κ2) is 14.0. The summed E-state index contributed by atoms with van der Waals surface area (Å²) in [5.41, 5.74) is 14.7. The Hall–Kier alpha value is -6.97. The zero-order valence-electron chi connectivity index (χ0n) is 28.6. The van der Waals surface area contributed by atoms with E-state index in [0.717, 1.165) is 95.1 Å². The normalized spacial score (nSPS) is 11.9. The summed E-state index contributed by atoms with van der Waals surface area (Å²) in [6, 6.07) is 28.6. The van der Waals surface area contributed by atoms with E-state index in [1.165, 1.54) is 0 Å². The predicted molar refractivity (Wildman–Crippen MR) is 211 cm³/mol. The number of H-pyrrole nitrogens is 2. The maximum Gasteiger partial charge on any atom is 0.119 e. The van der Waals surface area contributed by atoms with Gasteiger partial charge >= 0.3 is 0 Å². The van der Waals surface area contributed by atoms with E-state index in [4.69, 9.17) is 14.7 Å². The van der Waals surface area contributed by atoms with Crippen molar-refractivity contribution in [2.75, 3.05) is 13.2 Å². The van der Waals surface area contributed by atoms with Crippen molar-refractivity contribution in [1.82, 2.24) is 34.9 Å². The van der Waals surface area contributed by atoms with Crippen LogP contribution in [0.4, 0.5) is 0 Å². The van der Waals surface area contributed by atoms with Gasteiger partial charge in [-0.1, -0.05) is 12.1 Å². The number of pyridine rings is 3. The summed E-state index contributed by atoms with van der Waals surface area (Å²) in [5.74, 6) is 0.746. The molecule has 8 heterocycles. The number of nitrogens with one attached hydrogen (secondary N) is 2. The number of hydrogen-bond donors (Lipinski definition) is 3. The molecule has 3 N–H and O–H groups in total. The first kappa shape index (κ1) is 32.0. The summed E-state index contributed by atoms with van der Waals surface area (Å²) >= 11 is 0. The van der Waals surface area contributed by atoms with Gasteiger partial charge in [-0.2, -0.15) is 0 Å². The molecule has 0 aliphatic carbocycles. The number of aliphatic hydroxyl groups excluding tert-OH is 1. The standard InChI is InChI=1S/C44H33N7O2/c52-26-1-27-53-32-4-2-28(3-5-32)41-33-6-8-35(48-33)42(29-14-20-45-21-15-29)37-10-12-39(50-37)44(31-18-24-47-25-19-31)40-13-11-38(51-40)43(30-16-22-46-23-17-30)36-9-7-34(41)49-36/h2-25,48-49,52H,1,26-27H2. The van der Waals surface area contributed by atoms with Gasteiger partial charge in [0.2, 0.25) is 0 Å². The van der Waals surface area contributed by atoms with Crippen molar-refractivity contribution in [3.8, 4) is 50.3 Å². The number of ether oxygens (including phenoxy) is 1. The van der Waals surface area contributed by atoms with Crippen LogP contribution in [0.15, 0.2) is 122 Å². The highest BCUT2D eigenvalue weighted by Crippen LogP contribution is 2.38. The molecule has 9 nitrogen and oxygen atoms in total. The monoisotopic (exact) mass is 691 g/mol. The van der Waals surface area contributed by atoms with Crippen LogP contribution in [-0.2, 0) is 0 Å². The van der Waals surface area contributed by atoms with Crippen LogP contribution in [0.3, 0.4) is 0 Å². The number of aliphatic hydroxyl groups is 1. The van der Waals surface area contributed by atoms with Crippen molar-refractivity contribution in [3.05, 3.63) is 145 Å². The van der Waals surface area contributed by atoms with E-state index in [2.05, 4.69) is 85.6 Å². The lowest BCUT2D eigenvalue weighted by Crippen LogP contribution is -1.99. The molecular weight excluding hydrogens is 659 g/mol. The average molecular weight is 692 g/mol. The third kappa shape index (κ3) is 6.19. The van der Waals surface area contributed by atoms with Crippen LogP contribution in [0.25, 0.3) is 90.9 Å². The smallest absolute Gasteiger partial charge is 0.119 e. The molecule has 0 radical (unpaired) electrons. The summed E-state index contributed by atoms with van der Waals surface area (Å²) < 4.78 is 5.87. The number of benzene rings is 1. The molecular formula is C44H33N7O2. The van der Waals surface area contributed by atoms with Crippen molar-refractivity contribution in [1.29, 1.82) is 0 Å². The highest BCUT2D eigenvalue weighted by atomic mass is 16.5. The van der Waals surface area contributed by atoms with E-state index in [9.17, 15) is 5.11 Å². The molecule has 53 heavy (non-hydrogen) atoms. The lowest BCUT2D eigenvalue weighted by molar-refractivity contribution is 0.233. The number of nitrogens with zero attached hydrogens (tertiary/aromatic N) is 5. The van der Waals surface area contributed by atoms with E-state index in [0.29, 0.717) is 13.0 Å². The zero-order chi connectivity index (χ0) is 35.6. The molecule has 1 aromatic carbocycles. The van der Waals surface area contributed by atoms with Gasteiger partial charge in [-0.05, 0) is 119 Å². The summed E-state index contributed by atoms with van der Waals surface area (Å²) in [6.07, 6.45) is 19.6. The highest BCUT2D eigenvalue weighted by Gasteiger charge is 2.19. The number of hydrogen-bond acceptors (Lipinski definition) is 7. The van der Waals surface area contributed by atoms with Crippen LogP contribution < -0.4 is 4.74 Å². The molecule has 9 rings (SSSR count). The summed E-state index contributed by atoms with van der Waals surface area (Å²) in [4.78, 5) is 31.0. The molecule has 0 spiro atoms. The Morgan fingerprint density at radius 3 is 1.25 bits per heavy atom. The minimum Gasteiger partial charge on any atom is -0.494 e. The van der Waals surface area contributed by atoms with E-state index < -0.39 is 0 Å². The minimum absolute atomic E-state index is 0.0879. The minimum atomic E-state index is 0.0879. The number of aromatic amines is 2. The third-order valence-electron chi connectivity index (χ3n) is 9.38. The van der Waals surface area contributed by atoms with Gasteiger partial charge in [0.05, 0.1) is 29.4 Å². The van der Waals surface area contributed by atoms with Crippen LogP contribution in [0.1, 0.15) is 29.2 Å². The van der Waals surface area contributed by atoms with E-state index in [1.54, 1.807) is 37.2 Å². The van der Waals surface area contributed by atoms with Crippen LogP contribution >= 0.6 is 0 Å². The van der Waals surface area contributed by atoms with Crippen molar-refractivity contribution in [2.24, 2.45) is 0 Å². The van der Waals surface area contributed by atoms with Gasteiger partial charge in [-0.15, -0.1) is 0 Å². The SMILES string of the molecule is OCCCOc1ccc(-c2c3ccc([nH]3)c(-c3ccncc3)c3nc(c(-c4ccncc4)c4nc(c(-c5ccncc5)c5ccc2[nH]5)C=C4)C=C3)cc1. The van der Waals surface area contributed by atoms with E-state index >= 15 is 0 Å². The van der Waals surface area contributed by atoms with E-state index in [-0.39, 0.29) is 6.61 Å². The Bertz CT molecular complexity index is 2530. The first-order chi connectivity index (χ1) is 26.2. The second-order valence-corrected chi connectivity index (χ2v) is 12.7. The molecule has 2 aliphatic heterocycles. The fourth-order valence-electron chi connectivity index (χ4n) is 6.95. The van der Waals surface area contributed by atoms with Gasteiger partial charge in [0.15, 0.2) is 0 Å². The molecule has 0 amide bonds. The van der Waals surface area contributed by atoms with Crippen LogP contribution in [0, 0.1) is 0 Å². The number of fused-ring (bicyclic) bond motifs is 8. The van der Waals surface area contributed by atoms with Crippen molar-refractivity contribution >= 4 is 46.4 Å². The molecule has 256 valence electrons. The van der Waals surface area contributed by atoms with Crippen LogP contribution in [0.5, 0.6) is 5.75 Å². The zero-order valence-corrected chi connectivity index (χ0v) is 28.6. The largest absolute Gasteiger partial charge is 0.494 e. The first-order valence-corrected chi connectivity index (χ1v) is 17.4. The quantitative estimate of drug-likeness (QED) is 0.136. The Labute approximate surface area is 305 Å². The molecule has 0 fully saturated rings. The fraction of sp³-hybridized carbons (Fsp3) is 0.0682. The summed E-state index contributed by atoms with van der Waals surface area (Å²) in [6.45, 7) is 0.537. The maximum absolute atomic E-state index is 9.23. The predicted octanol–water partition coefficient (Wildman–Crippen LogP) is 9.27. The van der Waals surface area contributed by atoms with Crippen LogP contribution in [0.2, 0.25) is 0 Å². The van der Waals surface area contributed by atoms with Crippen molar-refractivity contribution < 1.29 is 9.84 Å². The second-order valence-electron chi connectivity index (χ2n) is 12.7.